The Morgan fingerprint density at radius 1 is 1.05 bits per heavy atom. The van der Waals surface area contributed by atoms with E-state index in [4.69, 9.17) is 18.9 Å². The number of methoxy groups -OCH3 is 1. The first-order valence-electron chi connectivity index (χ1n) is 12.3. The molecule has 2 fully saturated rings. The first-order valence-corrected chi connectivity index (χ1v) is 14.6. The highest BCUT2D eigenvalue weighted by Crippen LogP contribution is 2.34. The first-order chi connectivity index (χ1) is 18.9. The van der Waals surface area contributed by atoms with Crippen LogP contribution >= 0.6 is 11.3 Å². The van der Waals surface area contributed by atoms with Crippen molar-refractivity contribution in [3.8, 4) is 23.1 Å². The number of hydrogen-bond donors (Lipinski definition) is 1. The number of ether oxygens (including phenoxy) is 4. The number of carbonyl (C=O) groups excluding carboxylic acids is 1. The van der Waals surface area contributed by atoms with Gasteiger partial charge in [-0.2, -0.15) is 0 Å². The Kier molecular flexibility index (Phi) is 6.79. The largest absolute Gasteiger partial charge is 0.488 e. The number of benzene rings is 1. The third-order valence-corrected chi connectivity index (χ3v) is 9.25. The van der Waals surface area contributed by atoms with Gasteiger partial charge in [0.2, 0.25) is 5.88 Å². The molecule has 4 aromatic rings. The van der Waals surface area contributed by atoms with Crippen LogP contribution in [-0.4, -0.2) is 61.0 Å². The summed E-state index contributed by atoms with van der Waals surface area (Å²) < 4.78 is 47.5. The lowest BCUT2D eigenvalue weighted by molar-refractivity contribution is 0.102. The van der Waals surface area contributed by atoms with Gasteiger partial charge in [-0.05, 0) is 43.2 Å². The maximum atomic E-state index is 13.2. The molecule has 39 heavy (non-hydrogen) atoms. The van der Waals surface area contributed by atoms with Crippen molar-refractivity contribution in [2.24, 2.45) is 0 Å². The van der Waals surface area contributed by atoms with Crippen LogP contribution in [0.3, 0.4) is 0 Å². The highest BCUT2D eigenvalue weighted by atomic mass is 32.2. The van der Waals surface area contributed by atoms with Crippen molar-refractivity contribution < 1.29 is 32.2 Å². The monoisotopic (exact) mass is 568 g/mol. The van der Waals surface area contributed by atoms with Crippen molar-refractivity contribution in [2.45, 2.75) is 35.6 Å². The summed E-state index contributed by atoms with van der Waals surface area (Å²) in [4.78, 5) is 26.7. The first kappa shape index (κ1) is 25.5. The second-order valence-electron chi connectivity index (χ2n) is 9.13. The fourth-order valence-electron chi connectivity index (χ4n) is 4.05. The van der Waals surface area contributed by atoms with Crippen LogP contribution in [0.25, 0.3) is 10.3 Å². The molecule has 4 heterocycles. The second kappa shape index (κ2) is 10.4. The van der Waals surface area contributed by atoms with Gasteiger partial charge in [0.05, 0.1) is 31.8 Å². The van der Waals surface area contributed by atoms with Crippen LogP contribution in [-0.2, 0) is 14.6 Å². The Morgan fingerprint density at radius 2 is 1.90 bits per heavy atom. The molecule has 2 aliphatic rings. The number of nitrogens with zero attached hydrogens (tertiary/aromatic N) is 3. The molecule has 1 N–H and O–H groups in total. The number of thiazole rings is 1. The predicted molar refractivity (Wildman–Crippen MR) is 143 cm³/mol. The molecular formula is C26H24N4O7S2. The van der Waals surface area contributed by atoms with Crippen molar-refractivity contribution >= 4 is 42.6 Å². The van der Waals surface area contributed by atoms with Crippen LogP contribution in [0.15, 0.2) is 53.7 Å². The summed E-state index contributed by atoms with van der Waals surface area (Å²) in [6, 6.07) is 11.3. The van der Waals surface area contributed by atoms with Crippen molar-refractivity contribution in [1.82, 2.24) is 15.0 Å². The number of aromatic nitrogens is 3. The van der Waals surface area contributed by atoms with Crippen LogP contribution < -0.4 is 19.5 Å². The molecule has 11 nitrogen and oxygen atoms in total. The molecule has 0 radical (unpaired) electrons. The van der Waals surface area contributed by atoms with Crippen LogP contribution in [0.2, 0.25) is 0 Å². The number of carbonyl (C=O) groups is 1. The lowest BCUT2D eigenvalue weighted by Gasteiger charge is -2.15. The minimum atomic E-state index is -3.40. The van der Waals surface area contributed by atoms with E-state index >= 15 is 0 Å². The summed E-state index contributed by atoms with van der Waals surface area (Å²) in [6.07, 6.45) is 3.27. The summed E-state index contributed by atoms with van der Waals surface area (Å²) in [5.41, 5.74) is 0.921. The number of fused-ring (bicyclic) bond motifs is 1. The van der Waals surface area contributed by atoms with Gasteiger partial charge in [-0.3, -0.25) is 10.1 Å². The zero-order valence-electron chi connectivity index (χ0n) is 20.8. The Bertz CT molecular complexity index is 1630. The van der Waals surface area contributed by atoms with Gasteiger partial charge in [0.25, 0.3) is 5.91 Å². The number of anilines is 1. The fourth-order valence-corrected chi connectivity index (χ4v) is 6.43. The molecule has 1 aromatic carbocycles. The van der Waals surface area contributed by atoms with Crippen molar-refractivity contribution in [1.29, 1.82) is 0 Å². The van der Waals surface area contributed by atoms with E-state index in [1.54, 1.807) is 36.4 Å². The van der Waals surface area contributed by atoms with Crippen molar-refractivity contribution in [2.75, 3.05) is 25.6 Å². The van der Waals surface area contributed by atoms with E-state index < -0.39 is 15.7 Å². The number of pyridine rings is 2. The van der Waals surface area contributed by atoms with E-state index in [2.05, 4.69) is 20.3 Å². The van der Waals surface area contributed by atoms with E-state index in [0.29, 0.717) is 64.7 Å². The maximum Gasteiger partial charge on any atom is 0.257 e. The Hall–Kier alpha value is -3.81. The number of rotatable bonds is 9. The molecule has 1 saturated carbocycles. The minimum Gasteiger partial charge on any atom is -0.488 e. The SMILES string of the molecule is COc1ccc2nc(NC(=O)c3cc(Oc4ccc(S(=O)(=O)C5CC5)nc4)cc(OC4CCOC4)c3)sc2n1. The molecule has 202 valence electrons. The van der Waals surface area contributed by atoms with Gasteiger partial charge in [-0.1, -0.05) is 11.3 Å². The third-order valence-electron chi connectivity index (χ3n) is 6.19. The topological polar surface area (TPSA) is 139 Å². The third kappa shape index (κ3) is 5.65. The molecule has 0 bridgehead atoms. The molecule has 1 saturated heterocycles. The van der Waals surface area contributed by atoms with E-state index in [1.807, 2.05) is 0 Å². The summed E-state index contributed by atoms with van der Waals surface area (Å²) in [7, 11) is -1.87. The lowest BCUT2D eigenvalue weighted by atomic mass is 10.2. The minimum absolute atomic E-state index is 0.0266. The molecule has 13 heteroatoms. The molecule has 1 aliphatic heterocycles. The molecule has 1 unspecified atom stereocenters. The molecule has 1 amide bonds. The molecular weight excluding hydrogens is 544 g/mol. The summed E-state index contributed by atoms with van der Waals surface area (Å²) in [6.45, 7) is 1.06. The van der Waals surface area contributed by atoms with Gasteiger partial charge >= 0.3 is 0 Å². The Labute approximate surface area is 228 Å². The van der Waals surface area contributed by atoms with Crippen molar-refractivity contribution in [3.63, 3.8) is 0 Å². The van der Waals surface area contributed by atoms with Gasteiger partial charge in [0.15, 0.2) is 20.0 Å². The van der Waals surface area contributed by atoms with Gasteiger partial charge in [-0.25, -0.2) is 23.4 Å². The maximum absolute atomic E-state index is 13.2. The lowest BCUT2D eigenvalue weighted by Crippen LogP contribution is -2.17. The predicted octanol–water partition coefficient (Wildman–Crippen LogP) is 4.24. The van der Waals surface area contributed by atoms with E-state index in [9.17, 15) is 13.2 Å². The van der Waals surface area contributed by atoms with Crippen LogP contribution in [0.5, 0.6) is 23.1 Å². The zero-order valence-corrected chi connectivity index (χ0v) is 22.5. The number of sulfone groups is 1. The number of amides is 1. The van der Waals surface area contributed by atoms with Crippen LogP contribution in [0.4, 0.5) is 5.13 Å². The molecule has 3 aromatic heterocycles. The smallest absolute Gasteiger partial charge is 0.257 e. The van der Waals surface area contributed by atoms with E-state index in [1.165, 1.54) is 30.7 Å². The average Bonchev–Trinajstić information content (AvgIpc) is 3.55. The van der Waals surface area contributed by atoms with E-state index in [0.717, 1.165) is 6.42 Å². The molecule has 1 atom stereocenters. The Balaban J connectivity index is 1.25. The van der Waals surface area contributed by atoms with E-state index in [-0.39, 0.29) is 21.9 Å². The Morgan fingerprint density at radius 3 is 2.62 bits per heavy atom. The second-order valence-corrected chi connectivity index (χ2v) is 12.3. The van der Waals surface area contributed by atoms with Gasteiger partial charge in [0.1, 0.15) is 33.7 Å². The van der Waals surface area contributed by atoms with Crippen LogP contribution in [0.1, 0.15) is 29.6 Å². The van der Waals surface area contributed by atoms with Crippen LogP contribution in [0, 0.1) is 0 Å². The van der Waals surface area contributed by atoms with Gasteiger partial charge in [0, 0.05) is 24.1 Å². The fraction of sp³-hybridized carbons (Fsp3) is 0.308. The highest BCUT2D eigenvalue weighted by Gasteiger charge is 2.37. The standard InChI is InChI=1S/C26H24N4O7S2/c1-34-22-6-5-21-25(29-22)38-26(28-21)30-24(31)15-10-18(12-19(11-15)37-17-8-9-35-14-17)36-16-2-7-23(27-13-16)39(32,33)20-3-4-20/h2,5-7,10-13,17,20H,3-4,8-9,14H2,1H3,(H,28,30,31). The van der Waals surface area contributed by atoms with Crippen molar-refractivity contribution in [3.05, 3.63) is 54.2 Å². The summed E-state index contributed by atoms with van der Waals surface area (Å²) in [5.74, 6) is 1.13. The highest BCUT2D eigenvalue weighted by molar-refractivity contribution is 7.92. The van der Waals surface area contributed by atoms with Gasteiger partial charge in [-0.15, -0.1) is 0 Å². The van der Waals surface area contributed by atoms with Gasteiger partial charge < -0.3 is 18.9 Å². The molecule has 0 spiro atoms. The quantitative estimate of drug-likeness (QED) is 0.312. The number of hydrogen-bond acceptors (Lipinski definition) is 11. The summed E-state index contributed by atoms with van der Waals surface area (Å²) >= 11 is 1.23. The summed E-state index contributed by atoms with van der Waals surface area (Å²) in [5, 5.41) is 2.87. The number of nitrogens with one attached hydrogen (secondary N) is 1. The normalized spacial score (nSPS) is 17.2. The molecule has 1 aliphatic carbocycles. The average molecular weight is 569 g/mol. The zero-order chi connectivity index (χ0) is 27.0. The molecule has 6 rings (SSSR count).